The summed E-state index contributed by atoms with van der Waals surface area (Å²) < 4.78 is 6.37. The van der Waals surface area contributed by atoms with E-state index in [1.165, 1.54) is 0 Å². The Labute approximate surface area is 127 Å². The summed E-state index contributed by atoms with van der Waals surface area (Å²) in [5.41, 5.74) is 7.45. The molecule has 0 bridgehead atoms. The topological polar surface area (TPSA) is 61.0 Å². The minimum Gasteiger partial charge on any atom is -0.496 e. The maximum absolute atomic E-state index is 6.02. The molecule has 2 N–H and O–H groups in total. The summed E-state index contributed by atoms with van der Waals surface area (Å²) in [5, 5.41) is 0. The lowest BCUT2D eigenvalue weighted by molar-refractivity contribution is 0.416. The van der Waals surface area contributed by atoms with Crippen LogP contribution in [0.1, 0.15) is 19.7 Å². The molecule has 0 spiro atoms. The van der Waals surface area contributed by atoms with Gasteiger partial charge in [-0.1, -0.05) is 15.9 Å². The molecule has 1 aromatic heterocycles. The number of hydrogen-bond acceptors (Lipinski definition) is 4. The van der Waals surface area contributed by atoms with Crippen molar-refractivity contribution in [1.82, 2.24) is 9.97 Å². The third-order valence-electron chi connectivity index (χ3n) is 2.76. The summed E-state index contributed by atoms with van der Waals surface area (Å²) in [4.78, 5) is 8.87. The first-order valence-electron chi connectivity index (χ1n) is 6.34. The smallest absolute Gasteiger partial charge is 0.130 e. The third-order valence-corrected chi connectivity index (χ3v) is 3.25. The lowest BCUT2D eigenvalue weighted by Gasteiger charge is -2.17. The number of nitrogens with two attached hydrogens (primary N) is 1. The second-order valence-electron chi connectivity index (χ2n) is 5.37. The van der Waals surface area contributed by atoms with Crippen LogP contribution in [0.15, 0.2) is 34.9 Å². The molecule has 4 nitrogen and oxygen atoms in total. The van der Waals surface area contributed by atoms with E-state index >= 15 is 0 Å². The summed E-state index contributed by atoms with van der Waals surface area (Å²) in [5.74, 6) is 1.52. The van der Waals surface area contributed by atoms with Crippen molar-refractivity contribution in [2.45, 2.75) is 25.8 Å². The van der Waals surface area contributed by atoms with Gasteiger partial charge in [0, 0.05) is 28.2 Å². The lowest BCUT2D eigenvalue weighted by atomic mass is 10.0. The molecule has 0 saturated heterocycles. The fraction of sp³-hybridized carbons (Fsp3) is 0.333. The molecular weight excluding hydrogens is 318 g/mol. The van der Waals surface area contributed by atoms with Crippen LogP contribution >= 0.6 is 15.9 Å². The molecule has 0 saturated carbocycles. The minimum absolute atomic E-state index is 0.333. The Balaban J connectivity index is 2.43. The molecule has 2 rings (SSSR count). The zero-order chi connectivity index (χ0) is 14.8. The molecular formula is C15H18BrN3O. The molecule has 0 aliphatic rings. The molecule has 20 heavy (non-hydrogen) atoms. The average Bonchev–Trinajstić information content (AvgIpc) is 2.37. The van der Waals surface area contributed by atoms with E-state index in [0.29, 0.717) is 6.42 Å². The van der Waals surface area contributed by atoms with Crippen LogP contribution in [-0.2, 0) is 6.42 Å². The Bertz CT molecular complexity index is 608. The summed E-state index contributed by atoms with van der Waals surface area (Å²) in [6, 6.07) is 7.71. The van der Waals surface area contributed by atoms with Crippen molar-refractivity contribution in [1.29, 1.82) is 0 Å². The van der Waals surface area contributed by atoms with Gasteiger partial charge in [0.05, 0.1) is 12.8 Å². The van der Waals surface area contributed by atoms with Crippen molar-refractivity contribution in [2.75, 3.05) is 7.11 Å². The van der Waals surface area contributed by atoms with Gasteiger partial charge < -0.3 is 10.5 Å². The van der Waals surface area contributed by atoms with Gasteiger partial charge in [-0.15, -0.1) is 0 Å². The summed E-state index contributed by atoms with van der Waals surface area (Å²) in [6.45, 7) is 3.92. The van der Waals surface area contributed by atoms with Crippen LogP contribution in [0.25, 0.3) is 11.3 Å². The monoisotopic (exact) mass is 335 g/mol. The van der Waals surface area contributed by atoms with E-state index < -0.39 is 0 Å². The van der Waals surface area contributed by atoms with Crippen molar-refractivity contribution < 1.29 is 4.74 Å². The van der Waals surface area contributed by atoms with Crippen molar-refractivity contribution in [3.05, 3.63) is 40.8 Å². The summed E-state index contributed by atoms with van der Waals surface area (Å²) in [6.07, 6.45) is 2.38. The van der Waals surface area contributed by atoms with Crippen LogP contribution in [-0.4, -0.2) is 22.6 Å². The number of hydrogen-bond donors (Lipinski definition) is 1. The quantitative estimate of drug-likeness (QED) is 0.931. The second-order valence-corrected chi connectivity index (χ2v) is 6.28. The van der Waals surface area contributed by atoms with E-state index in [9.17, 15) is 0 Å². The predicted octanol–water partition coefficient (Wildman–Crippen LogP) is 3.19. The summed E-state index contributed by atoms with van der Waals surface area (Å²) >= 11 is 3.47. The third kappa shape index (κ3) is 3.77. The molecule has 0 amide bonds. The highest BCUT2D eigenvalue weighted by Crippen LogP contribution is 2.31. The first-order chi connectivity index (χ1) is 9.39. The largest absolute Gasteiger partial charge is 0.496 e. The van der Waals surface area contributed by atoms with E-state index in [1.54, 1.807) is 13.3 Å². The Kier molecular flexibility index (Phi) is 4.40. The molecule has 0 aliphatic carbocycles. The standard InChI is InChI=1S/C15H18BrN3O/c1-15(2,17)9-14-18-7-6-12(19-14)11-8-10(16)4-5-13(11)20-3/h4-8H,9,17H2,1-3H3. The highest BCUT2D eigenvalue weighted by molar-refractivity contribution is 9.10. The fourth-order valence-corrected chi connectivity index (χ4v) is 2.28. The molecule has 1 heterocycles. The number of ether oxygens (including phenoxy) is 1. The van der Waals surface area contributed by atoms with Crippen LogP contribution < -0.4 is 10.5 Å². The molecule has 0 fully saturated rings. The van der Waals surface area contributed by atoms with Gasteiger partial charge in [0.1, 0.15) is 11.6 Å². The number of benzene rings is 1. The maximum Gasteiger partial charge on any atom is 0.130 e. The van der Waals surface area contributed by atoms with Crippen molar-refractivity contribution in [2.24, 2.45) is 5.73 Å². The van der Waals surface area contributed by atoms with Gasteiger partial charge in [-0.25, -0.2) is 9.97 Å². The van der Waals surface area contributed by atoms with E-state index in [-0.39, 0.29) is 5.54 Å². The highest BCUT2D eigenvalue weighted by Gasteiger charge is 2.15. The van der Waals surface area contributed by atoms with Gasteiger partial charge in [-0.05, 0) is 38.1 Å². The van der Waals surface area contributed by atoms with Gasteiger partial charge in [0.15, 0.2) is 0 Å². The van der Waals surface area contributed by atoms with Crippen LogP contribution in [0.2, 0.25) is 0 Å². The zero-order valence-electron chi connectivity index (χ0n) is 11.9. The van der Waals surface area contributed by atoms with E-state index in [2.05, 4.69) is 25.9 Å². The van der Waals surface area contributed by atoms with Crippen LogP contribution in [0.5, 0.6) is 5.75 Å². The lowest BCUT2D eigenvalue weighted by Crippen LogP contribution is -2.35. The number of rotatable bonds is 4. The predicted molar refractivity (Wildman–Crippen MR) is 83.7 cm³/mol. The first kappa shape index (κ1) is 14.9. The Morgan fingerprint density at radius 3 is 2.70 bits per heavy atom. The fourth-order valence-electron chi connectivity index (χ4n) is 1.92. The van der Waals surface area contributed by atoms with Gasteiger partial charge >= 0.3 is 0 Å². The average molecular weight is 336 g/mol. The molecule has 0 unspecified atom stereocenters. The van der Waals surface area contributed by atoms with E-state index in [1.807, 2.05) is 38.1 Å². The van der Waals surface area contributed by atoms with Crippen molar-refractivity contribution >= 4 is 15.9 Å². The molecule has 5 heteroatoms. The Hall–Kier alpha value is -1.46. The van der Waals surface area contributed by atoms with E-state index in [0.717, 1.165) is 27.3 Å². The summed E-state index contributed by atoms with van der Waals surface area (Å²) in [7, 11) is 1.65. The van der Waals surface area contributed by atoms with Gasteiger partial charge in [-0.3, -0.25) is 0 Å². The molecule has 2 aromatic rings. The SMILES string of the molecule is COc1ccc(Br)cc1-c1ccnc(CC(C)(C)N)n1. The van der Waals surface area contributed by atoms with Gasteiger partial charge in [0.2, 0.25) is 0 Å². The maximum atomic E-state index is 6.02. The van der Waals surface area contributed by atoms with Crippen molar-refractivity contribution in [3.8, 4) is 17.0 Å². The Morgan fingerprint density at radius 1 is 1.30 bits per heavy atom. The number of methoxy groups -OCH3 is 1. The molecule has 0 aliphatic heterocycles. The molecule has 0 atom stereocenters. The number of aromatic nitrogens is 2. The van der Waals surface area contributed by atoms with Gasteiger partial charge in [0.25, 0.3) is 0 Å². The first-order valence-corrected chi connectivity index (χ1v) is 7.13. The van der Waals surface area contributed by atoms with E-state index in [4.69, 9.17) is 10.5 Å². The normalized spacial score (nSPS) is 11.4. The highest BCUT2D eigenvalue weighted by atomic mass is 79.9. The van der Waals surface area contributed by atoms with Crippen LogP contribution in [0.3, 0.4) is 0 Å². The van der Waals surface area contributed by atoms with Gasteiger partial charge in [-0.2, -0.15) is 0 Å². The second kappa shape index (κ2) is 5.89. The molecule has 0 radical (unpaired) electrons. The van der Waals surface area contributed by atoms with Crippen LogP contribution in [0.4, 0.5) is 0 Å². The molecule has 1 aromatic carbocycles. The molecule has 106 valence electrons. The number of halogens is 1. The Morgan fingerprint density at radius 2 is 2.05 bits per heavy atom. The zero-order valence-corrected chi connectivity index (χ0v) is 13.4. The van der Waals surface area contributed by atoms with Crippen LogP contribution in [0, 0.1) is 0 Å². The number of nitrogens with zero attached hydrogens (tertiary/aromatic N) is 2. The van der Waals surface area contributed by atoms with Crippen molar-refractivity contribution in [3.63, 3.8) is 0 Å². The minimum atomic E-state index is -0.333.